The largest absolute Gasteiger partial charge is 0.368 e. The number of hydrogen-bond donors (Lipinski definition) is 1. The molecule has 1 aliphatic heterocycles. The van der Waals surface area contributed by atoms with Crippen LogP contribution in [0.3, 0.4) is 0 Å². The number of aromatic nitrogens is 3. The zero-order valence-electron chi connectivity index (χ0n) is 21.8. The fourth-order valence-corrected chi connectivity index (χ4v) is 4.59. The first kappa shape index (κ1) is 28.3. The topological polar surface area (TPSA) is 123 Å². The second-order valence-electron chi connectivity index (χ2n) is 9.88. The van der Waals surface area contributed by atoms with E-state index < -0.39 is 4.92 Å². The lowest BCUT2D eigenvalue weighted by Crippen LogP contribution is -2.41. The Morgan fingerprint density at radius 2 is 1.97 bits per heavy atom. The smallest absolute Gasteiger partial charge is 0.358 e. The van der Waals surface area contributed by atoms with Gasteiger partial charge in [0.15, 0.2) is 5.78 Å². The van der Waals surface area contributed by atoms with Crippen molar-refractivity contribution in [2.24, 2.45) is 4.99 Å². The Balaban J connectivity index is 1.41. The number of halogens is 2. The first-order valence-corrected chi connectivity index (χ1v) is 13.1. The van der Waals surface area contributed by atoms with Crippen molar-refractivity contribution in [3.05, 3.63) is 86.2 Å². The Kier molecular flexibility index (Phi) is 8.69. The lowest BCUT2D eigenvalue weighted by atomic mass is 10.1. The maximum atomic E-state index is 12.7. The first-order valence-electron chi connectivity index (χ1n) is 12.3. The number of carbonyl (C=O) groups excluding carboxylic acids is 1. The number of likely N-dealkylation sites (N-methyl/N-ethyl adjacent to an activating group) is 1. The normalized spacial score (nSPS) is 13.8. The van der Waals surface area contributed by atoms with E-state index in [1.807, 2.05) is 21.0 Å². The molecule has 0 saturated carbocycles. The molecule has 1 aromatic carbocycles. The molecule has 0 saturated heterocycles. The summed E-state index contributed by atoms with van der Waals surface area (Å²) in [6, 6.07) is 6.97. The first-order chi connectivity index (χ1) is 18.5. The number of hydrogen-bond acceptors (Lipinski definition) is 8. The minimum Gasteiger partial charge on any atom is -0.358 e. The van der Waals surface area contributed by atoms with Gasteiger partial charge in [-0.05, 0) is 46.3 Å². The Morgan fingerprint density at radius 3 is 2.69 bits per heavy atom. The molecule has 0 amide bonds. The van der Waals surface area contributed by atoms with Gasteiger partial charge >= 0.3 is 5.82 Å². The van der Waals surface area contributed by atoms with E-state index in [2.05, 4.69) is 25.3 Å². The van der Waals surface area contributed by atoms with Crippen LogP contribution in [0.4, 0.5) is 11.5 Å². The van der Waals surface area contributed by atoms with Crippen molar-refractivity contribution < 1.29 is 14.2 Å². The lowest BCUT2D eigenvalue weighted by Gasteiger charge is -2.28. The van der Waals surface area contributed by atoms with Crippen LogP contribution in [0.1, 0.15) is 25.5 Å². The zero-order chi connectivity index (χ0) is 28.2. The van der Waals surface area contributed by atoms with Crippen LogP contribution in [-0.4, -0.2) is 63.0 Å². The number of pyridine rings is 1. The van der Waals surface area contributed by atoms with Crippen LogP contribution in [0.2, 0.25) is 10.0 Å². The highest BCUT2D eigenvalue weighted by atomic mass is 35.5. The molecule has 4 rings (SSSR count). The van der Waals surface area contributed by atoms with E-state index in [1.54, 1.807) is 36.5 Å². The van der Waals surface area contributed by atoms with Crippen molar-refractivity contribution in [3.8, 4) is 0 Å². The minimum atomic E-state index is -0.412. The molecule has 12 heteroatoms. The summed E-state index contributed by atoms with van der Waals surface area (Å²) in [5, 5.41) is 16.2. The van der Waals surface area contributed by atoms with Crippen molar-refractivity contribution in [1.29, 1.82) is 0 Å². The second-order valence-corrected chi connectivity index (χ2v) is 10.7. The van der Waals surface area contributed by atoms with E-state index in [9.17, 15) is 14.9 Å². The molecule has 202 valence electrons. The molecule has 0 radical (unpaired) electrons. The van der Waals surface area contributed by atoms with Gasteiger partial charge in [0.25, 0.3) is 0 Å². The summed E-state index contributed by atoms with van der Waals surface area (Å²) in [5.41, 5.74) is 3.46. The lowest BCUT2D eigenvalue weighted by molar-refractivity contribution is -0.880. The van der Waals surface area contributed by atoms with Crippen LogP contribution in [0, 0.1) is 10.1 Å². The Morgan fingerprint density at radius 1 is 1.18 bits per heavy atom. The number of benzene rings is 1. The molecule has 1 aliphatic rings. The van der Waals surface area contributed by atoms with E-state index in [4.69, 9.17) is 23.2 Å². The van der Waals surface area contributed by atoms with Gasteiger partial charge < -0.3 is 19.9 Å². The number of allylic oxidation sites excluding steroid dienone is 1. The van der Waals surface area contributed by atoms with Crippen LogP contribution in [0.15, 0.2) is 65.3 Å². The van der Waals surface area contributed by atoms with Crippen molar-refractivity contribution in [3.63, 3.8) is 0 Å². The summed E-state index contributed by atoms with van der Waals surface area (Å²) in [6.45, 7) is 2.94. The molecule has 0 fully saturated rings. The number of quaternary nitrogens is 1. The number of nitrogens with one attached hydrogen (secondary N) is 1. The number of fused-ring (bicyclic) bond motifs is 1. The van der Waals surface area contributed by atoms with Gasteiger partial charge in [-0.3, -0.25) is 9.78 Å². The third kappa shape index (κ3) is 7.23. The average molecular weight is 569 g/mol. The highest BCUT2D eigenvalue weighted by Gasteiger charge is 2.32. The molecule has 39 heavy (non-hydrogen) atoms. The number of ketones is 1. The third-order valence-electron chi connectivity index (χ3n) is 6.22. The van der Waals surface area contributed by atoms with Crippen LogP contribution >= 0.6 is 23.2 Å². The molecule has 3 aromatic rings. The molecule has 3 heterocycles. The van der Waals surface area contributed by atoms with Crippen molar-refractivity contribution in [2.45, 2.75) is 26.2 Å². The van der Waals surface area contributed by atoms with Gasteiger partial charge in [0.1, 0.15) is 24.4 Å². The Hall–Kier alpha value is -3.73. The van der Waals surface area contributed by atoms with Gasteiger partial charge in [-0.1, -0.05) is 30.1 Å². The molecule has 0 spiro atoms. The maximum absolute atomic E-state index is 12.7. The minimum absolute atomic E-state index is 0.0440. The van der Waals surface area contributed by atoms with E-state index in [1.165, 1.54) is 12.4 Å². The SMILES string of the molecule is CCC1=NC([N+](=O)[O-])=C(C[N+](C)(C)C/C=C/C(=O)Cc2cc3c(Nc4ccc(Cl)c(Cl)c4)ncnc3cn2)C1. The van der Waals surface area contributed by atoms with E-state index in [-0.39, 0.29) is 18.0 Å². The predicted octanol–water partition coefficient (Wildman–Crippen LogP) is 5.56. The van der Waals surface area contributed by atoms with Crippen molar-refractivity contribution in [2.75, 3.05) is 32.5 Å². The maximum Gasteiger partial charge on any atom is 0.368 e. The van der Waals surface area contributed by atoms with Crippen LogP contribution in [0.25, 0.3) is 10.9 Å². The zero-order valence-corrected chi connectivity index (χ0v) is 23.3. The van der Waals surface area contributed by atoms with Crippen molar-refractivity contribution >= 4 is 57.1 Å². The molecule has 0 unspecified atom stereocenters. The number of aliphatic imine (C=N–C) groups is 1. The summed E-state index contributed by atoms with van der Waals surface area (Å²) < 4.78 is 0.457. The summed E-state index contributed by atoms with van der Waals surface area (Å²) in [5.74, 6) is 0.396. The Bertz CT molecular complexity index is 1530. The summed E-state index contributed by atoms with van der Waals surface area (Å²) >= 11 is 12.1. The molecule has 0 aliphatic carbocycles. The molecule has 2 aromatic heterocycles. The molecular weight excluding hydrogens is 541 g/mol. The van der Waals surface area contributed by atoms with Crippen molar-refractivity contribution in [1.82, 2.24) is 15.0 Å². The average Bonchev–Trinajstić information content (AvgIpc) is 3.29. The second kappa shape index (κ2) is 12.0. The Labute approximate surface area is 235 Å². The molecule has 0 bridgehead atoms. The van der Waals surface area contributed by atoms with E-state index in [0.717, 1.165) is 11.3 Å². The molecule has 1 N–H and O–H groups in total. The number of anilines is 2. The van der Waals surface area contributed by atoms with Gasteiger partial charge in [0.05, 0.1) is 54.4 Å². The van der Waals surface area contributed by atoms with E-state index in [0.29, 0.717) is 68.6 Å². The van der Waals surface area contributed by atoms with E-state index >= 15 is 0 Å². The highest BCUT2D eigenvalue weighted by molar-refractivity contribution is 6.42. The summed E-state index contributed by atoms with van der Waals surface area (Å²) in [7, 11) is 3.94. The standard InChI is InChI=1S/C27H28Cl2N7O3/c1-4-18-10-17(27(34-18)35(38)39)15-36(2,3)9-5-6-21(37)11-20-12-22-25(14-30-20)31-16-32-26(22)33-19-7-8-23(28)24(29)13-19/h5-8,12-14,16H,4,9-11,15H2,1-3H3,(H,31,32,33)/q+1/b6-5+. The summed E-state index contributed by atoms with van der Waals surface area (Å²) in [6.07, 6.45) is 7.69. The van der Waals surface area contributed by atoms with Gasteiger partial charge in [-0.25, -0.2) is 9.97 Å². The fraction of sp³-hybridized carbons (Fsp3) is 0.296. The predicted molar refractivity (Wildman–Crippen MR) is 153 cm³/mol. The van der Waals surface area contributed by atoms with Crippen LogP contribution in [0.5, 0.6) is 0 Å². The number of rotatable bonds is 11. The summed E-state index contributed by atoms with van der Waals surface area (Å²) in [4.78, 5) is 40.9. The van der Waals surface area contributed by atoms with Gasteiger partial charge in [0, 0.05) is 29.6 Å². The molecule has 10 nitrogen and oxygen atoms in total. The van der Waals surface area contributed by atoms with Gasteiger partial charge in [-0.2, -0.15) is 0 Å². The molecule has 0 atom stereocenters. The van der Waals surface area contributed by atoms with Gasteiger partial charge in [0.2, 0.25) is 0 Å². The van der Waals surface area contributed by atoms with Gasteiger partial charge in [-0.15, -0.1) is 0 Å². The number of carbonyl (C=O) groups is 1. The fourth-order valence-electron chi connectivity index (χ4n) is 4.29. The number of nitro groups is 1. The highest BCUT2D eigenvalue weighted by Crippen LogP contribution is 2.29. The van der Waals surface area contributed by atoms with Crippen LogP contribution < -0.4 is 5.32 Å². The molecular formula is C27H28Cl2N7O3+. The quantitative estimate of drug-likeness (QED) is 0.139. The number of nitrogens with zero attached hydrogens (tertiary/aromatic N) is 6. The van der Waals surface area contributed by atoms with Crippen LogP contribution in [-0.2, 0) is 11.2 Å². The third-order valence-corrected chi connectivity index (χ3v) is 6.96. The monoisotopic (exact) mass is 568 g/mol.